The predicted octanol–water partition coefficient (Wildman–Crippen LogP) is 3.80. The standard InChI is InChI=1S/C28H28FN7O4/c1-16-23(18-13-20(26(37)30-2)27(39-3)32-15-18)35-36(19-7-5-4-6-8-19)25(16)34-28(38)33-21-10-12-40-24(21)17-9-11-31-22(29)14-17/h4-9,11,13-15,21,24H,10,12H2,1-3H3,(H,30,37)(H2,33,34,38)/t21?,24-/m0/s1. The number of halogens is 1. The number of hydrogen-bond donors (Lipinski definition) is 3. The van der Waals surface area contributed by atoms with Crippen LogP contribution in [0.1, 0.15) is 34.0 Å². The van der Waals surface area contributed by atoms with Crippen LogP contribution in [0.3, 0.4) is 0 Å². The Hall–Kier alpha value is -4.84. The summed E-state index contributed by atoms with van der Waals surface area (Å²) in [5, 5.41) is 13.3. The molecule has 3 N–H and O–H groups in total. The minimum absolute atomic E-state index is 0.184. The van der Waals surface area contributed by atoms with Gasteiger partial charge in [0.1, 0.15) is 17.5 Å². The maximum Gasteiger partial charge on any atom is 0.320 e. The predicted molar refractivity (Wildman–Crippen MR) is 145 cm³/mol. The number of amides is 3. The molecule has 1 unspecified atom stereocenters. The Labute approximate surface area is 229 Å². The number of nitrogens with zero attached hydrogens (tertiary/aromatic N) is 4. The molecule has 4 aromatic rings. The molecule has 40 heavy (non-hydrogen) atoms. The van der Waals surface area contributed by atoms with Crippen LogP contribution in [0.25, 0.3) is 16.9 Å². The third kappa shape index (κ3) is 5.34. The average molecular weight is 546 g/mol. The second-order valence-electron chi connectivity index (χ2n) is 9.13. The van der Waals surface area contributed by atoms with E-state index in [1.165, 1.54) is 26.4 Å². The number of carbonyl (C=O) groups excluding carboxylic acids is 2. The number of aromatic nitrogens is 4. The smallest absolute Gasteiger partial charge is 0.320 e. The van der Waals surface area contributed by atoms with Crippen molar-refractivity contribution in [3.8, 4) is 22.8 Å². The number of benzene rings is 1. The van der Waals surface area contributed by atoms with E-state index in [4.69, 9.17) is 14.6 Å². The largest absolute Gasteiger partial charge is 0.480 e. The van der Waals surface area contributed by atoms with E-state index in [2.05, 4.69) is 25.9 Å². The number of methoxy groups -OCH3 is 1. The maximum atomic E-state index is 13.7. The summed E-state index contributed by atoms with van der Waals surface area (Å²) in [4.78, 5) is 33.6. The van der Waals surface area contributed by atoms with E-state index in [-0.39, 0.29) is 23.4 Å². The molecule has 12 heteroatoms. The SMILES string of the molecule is CNC(=O)c1cc(-c2nn(-c3ccccc3)c(NC(=O)NC3CCO[C@H]3c3ccnc(F)c3)c2C)cnc1OC. The zero-order chi connectivity index (χ0) is 28.2. The van der Waals surface area contributed by atoms with Gasteiger partial charge in [-0.25, -0.2) is 19.4 Å². The molecule has 0 radical (unpaired) electrons. The second-order valence-corrected chi connectivity index (χ2v) is 9.13. The summed E-state index contributed by atoms with van der Waals surface area (Å²) in [6, 6.07) is 13.1. The summed E-state index contributed by atoms with van der Waals surface area (Å²) in [5.74, 6) is -0.352. The highest BCUT2D eigenvalue weighted by atomic mass is 19.1. The molecular formula is C28H28FN7O4. The van der Waals surface area contributed by atoms with Gasteiger partial charge < -0.3 is 20.1 Å². The van der Waals surface area contributed by atoms with Gasteiger partial charge in [-0.05, 0) is 49.2 Å². The first-order valence-corrected chi connectivity index (χ1v) is 12.6. The lowest BCUT2D eigenvalue weighted by molar-refractivity contribution is 0.0959. The molecule has 0 saturated carbocycles. The molecule has 5 rings (SSSR count). The Morgan fingerprint density at radius 1 is 1.15 bits per heavy atom. The van der Waals surface area contributed by atoms with Crippen LogP contribution in [0.15, 0.2) is 60.9 Å². The molecule has 11 nitrogen and oxygen atoms in total. The number of carbonyl (C=O) groups is 2. The molecular weight excluding hydrogens is 517 g/mol. The molecule has 1 saturated heterocycles. The van der Waals surface area contributed by atoms with Gasteiger partial charge in [0.2, 0.25) is 11.8 Å². The van der Waals surface area contributed by atoms with Crippen molar-refractivity contribution >= 4 is 17.8 Å². The molecule has 0 spiro atoms. The van der Waals surface area contributed by atoms with E-state index in [0.29, 0.717) is 41.2 Å². The molecule has 2 atom stereocenters. The van der Waals surface area contributed by atoms with Gasteiger partial charge in [-0.15, -0.1) is 0 Å². The average Bonchev–Trinajstić information content (AvgIpc) is 3.57. The minimum atomic E-state index is -0.612. The van der Waals surface area contributed by atoms with Crippen molar-refractivity contribution in [2.45, 2.75) is 25.5 Å². The second kappa shape index (κ2) is 11.5. The number of hydrogen-bond acceptors (Lipinski definition) is 7. The van der Waals surface area contributed by atoms with Crippen LogP contribution in [0, 0.1) is 12.9 Å². The van der Waals surface area contributed by atoms with Crippen molar-refractivity contribution in [2.75, 3.05) is 26.1 Å². The number of para-hydroxylation sites is 1. The lowest BCUT2D eigenvalue weighted by atomic mass is 10.0. The Bertz CT molecular complexity index is 1540. The van der Waals surface area contributed by atoms with Gasteiger partial charge in [0.15, 0.2) is 0 Å². The van der Waals surface area contributed by atoms with Crippen LogP contribution in [0.5, 0.6) is 5.88 Å². The zero-order valence-corrected chi connectivity index (χ0v) is 22.1. The number of rotatable bonds is 7. The highest BCUT2D eigenvalue weighted by molar-refractivity contribution is 5.97. The molecule has 1 aromatic carbocycles. The first kappa shape index (κ1) is 26.8. The van der Waals surface area contributed by atoms with Crippen LogP contribution in [0.2, 0.25) is 0 Å². The topological polar surface area (TPSA) is 132 Å². The fraction of sp³-hybridized carbons (Fsp3) is 0.250. The van der Waals surface area contributed by atoms with Crippen LogP contribution in [0.4, 0.5) is 15.0 Å². The van der Waals surface area contributed by atoms with E-state index in [9.17, 15) is 14.0 Å². The van der Waals surface area contributed by atoms with Crippen LogP contribution < -0.4 is 20.7 Å². The molecule has 4 heterocycles. The Balaban J connectivity index is 1.47. The lowest BCUT2D eigenvalue weighted by Gasteiger charge is -2.20. The first-order valence-electron chi connectivity index (χ1n) is 12.6. The van der Waals surface area contributed by atoms with E-state index >= 15 is 0 Å². The normalized spacial score (nSPS) is 16.4. The molecule has 206 valence electrons. The van der Waals surface area contributed by atoms with E-state index in [1.54, 1.807) is 23.0 Å². The summed E-state index contributed by atoms with van der Waals surface area (Å²) >= 11 is 0. The zero-order valence-electron chi connectivity index (χ0n) is 22.1. The Kier molecular flexibility index (Phi) is 7.69. The van der Waals surface area contributed by atoms with Crippen LogP contribution >= 0.6 is 0 Å². The van der Waals surface area contributed by atoms with Gasteiger partial charge in [-0.2, -0.15) is 9.49 Å². The number of nitrogens with one attached hydrogen (secondary N) is 3. The van der Waals surface area contributed by atoms with E-state index in [0.717, 1.165) is 5.69 Å². The summed E-state index contributed by atoms with van der Waals surface area (Å²) in [6.07, 6.45) is 2.99. The highest BCUT2D eigenvalue weighted by Crippen LogP contribution is 2.33. The Morgan fingerprint density at radius 2 is 1.95 bits per heavy atom. The van der Waals surface area contributed by atoms with Gasteiger partial charge in [0.05, 0.1) is 24.5 Å². The third-order valence-electron chi connectivity index (χ3n) is 6.63. The molecule has 3 aromatic heterocycles. The lowest BCUT2D eigenvalue weighted by Crippen LogP contribution is -2.40. The number of urea groups is 1. The summed E-state index contributed by atoms with van der Waals surface area (Å²) < 4.78 is 26.4. The van der Waals surface area contributed by atoms with Gasteiger partial charge in [0, 0.05) is 37.2 Å². The number of anilines is 1. The van der Waals surface area contributed by atoms with Crippen molar-refractivity contribution in [3.63, 3.8) is 0 Å². The fourth-order valence-electron chi connectivity index (χ4n) is 4.69. The van der Waals surface area contributed by atoms with Gasteiger partial charge in [-0.3, -0.25) is 10.1 Å². The van der Waals surface area contributed by atoms with Crippen LogP contribution in [-0.2, 0) is 4.74 Å². The van der Waals surface area contributed by atoms with Gasteiger partial charge in [-0.1, -0.05) is 18.2 Å². The molecule has 0 aliphatic carbocycles. The summed E-state index contributed by atoms with van der Waals surface area (Å²) in [7, 11) is 2.96. The quantitative estimate of drug-likeness (QED) is 0.301. The van der Waals surface area contributed by atoms with Crippen molar-refractivity contribution < 1.29 is 23.5 Å². The monoisotopic (exact) mass is 545 g/mol. The van der Waals surface area contributed by atoms with Crippen molar-refractivity contribution in [1.82, 2.24) is 30.4 Å². The van der Waals surface area contributed by atoms with Crippen molar-refractivity contribution in [2.24, 2.45) is 0 Å². The molecule has 3 amide bonds. The van der Waals surface area contributed by atoms with Gasteiger partial charge in [0.25, 0.3) is 5.91 Å². The van der Waals surface area contributed by atoms with Crippen molar-refractivity contribution in [3.05, 3.63) is 83.6 Å². The number of pyridine rings is 2. The van der Waals surface area contributed by atoms with Crippen molar-refractivity contribution in [1.29, 1.82) is 0 Å². The van der Waals surface area contributed by atoms with E-state index < -0.39 is 18.1 Å². The molecule has 1 fully saturated rings. The van der Waals surface area contributed by atoms with Gasteiger partial charge >= 0.3 is 6.03 Å². The minimum Gasteiger partial charge on any atom is -0.480 e. The molecule has 1 aliphatic heterocycles. The van der Waals surface area contributed by atoms with E-state index in [1.807, 2.05) is 37.3 Å². The highest BCUT2D eigenvalue weighted by Gasteiger charge is 2.32. The number of ether oxygens (including phenoxy) is 2. The third-order valence-corrected chi connectivity index (χ3v) is 6.63. The molecule has 1 aliphatic rings. The Morgan fingerprint density at radius 3 is 2.67 bits per heavy atom. The molecule has 0 bridgehead atoms. The summed E-state index contributed by atoms with van der Waals surface area (Å²) in [5.41, 5.74) is 3.32. The first-order chi connectivity index (χ1) is 19.4. The maximum absolute atomic E-state index is 13.7. The fourth-order valence-corrected chi connectivity index (χ4v) is 4.69. The summed E-state index contributed by atoms with van der Waals surface area (Å²) in [6.45, 7) is 2.24. The van der Waals surface area contributed by atoms with Crippen LogP contribution in [-0.4, -0.2) is 58.5 Å².